The van der Waals surface area contributed by atoms with Gasteiger partial charge in [-0.1, -0.05) is 205 Å². The summed E-state index contributed by atoms with van der Waals surface area (Å²) in [4.78, 5) is 7.31. The fraction of sp³-hybridized carbons (Fsp3) is 0.217. The minimum Gasteiger partial charge on any atom is -0.509 e. The Labute approximate surface area is 460 Å². The molecule has 0 amide bonds. The van der Waals surface area contributed by atoms with Crippen LogP contribution in [0, 0.1) is 39.5 Å². The van der Waals surface area contributed by atoms with Crippen LogP contribution < -0.4 is 9.64 Å². The monoisotopic (exact) mass is 1160 g/mol. The summed E-state index contributed by atoms with van der Waals surface area (Å²) in [6.07, 6.45) is 1.71. The molecule has 0 saturated heterocycles. The maximum atomic E-state index is 8.82. The number of aryl methyl sites for hydroxylation is 3. The summed E-state index contributed by atoms with van der Waals surface area (Å²) in [7, 11) is 0. The normalized spacial score (nSPS) is 13.5. The average Bonchev–Trinajstić information content (AvgIpc) is 4.18. The Kier molecular flexibility index (Phi) is 11.2. The SMILES string of the molecule is [2H]C([2H])([2H])c1cc(-n2c3[c-]c(Oc4[c-]c(N5[CH-]n6c7c(C)cccc7c7cc(C)ccc7c7ccccc7c7cccc5c76)ccc4C(C)(C)C)ccc3c3cc(C(C)(C)C)ccc32)ncc1-c1ccc(C(C)(C)C)cc1.[Pt]. The minimum absolute atomic E-state index is 0. The van der Waals surface area contributed by atoms with E-state index in [1.54, 1.807) is 12.3 Å². The maximum Gasteiger partial charge on any atom is 0.135 e. The maximum absolute atomic E-state index is 8.82. The molecule has 5 nitrogen and oxygen atoms in total. The summed E-state index contributed by atoms with van der Waals surface area (Å²) in [6, 6.07) is 61.1. The summed E-state index contributed by atoms with van der Waals surface area (Å²) in [5.41, 5.74) is 12.5. The number of ether oxygens (including phenoxy) is 1. The van der Waals surface area contributed by atoms with Crippen molar-refractivity contribution in [3.05, 3.63) is 210 Å². The number of para-hydroxylation sites is 2. The van der Waals surface area contributed by atoms with Gasteiger partial charge >= 0.3 is 0 Å². The third-order valence-electron chi connectivity index (χ3n) is 15.1. The van der Waals surface area contributed by atoms with Crippen LogP contribution in [0.2, 0.25) is 0 Å². The molecule has 1 aliphatic heterocycles. The van der Waals surface area contributed by atoms with Gasteiger partial charge in [0, 0.05) is 59.6 Å². The number of hydrogen-bond donors (Lipinski definition) is 0. The predicted molar refractivity (Wildman–Crippen MR) is 312 cm³/mol. The zero-order chi connectivity index (χ0) is 54.1. The molecule has 4 heterocycles. The molecular weight excluding hydrogens is 1100 g/mol. The molecule has 0 unspecified atom stereocenters. The second-order valence-corrected chi connectivity index (χ2v) is 23.4. The number of fused-ring (bicyclic) bond motifs is 10. The van der Waals surface area contributed by atoms with Crippen molar-refractivity contribution in [2.75, 3.05) is 4.90 Å². The van der Waals surface area contributed by atoms with Crippen molar-refractivity contribution in [3.63, 3.8) is 0 Å². The number of pyridine rings is 1. The molecule has 378 valence electrons. The molecule has 0 saturated carbocycles. The van der Waals surface area contributed by atoms with Crippen molar-refractivity contribution in [2.24, 2.45) is 0 Å². The van der Waals surface area contributed by atoms with Crippen LogP contribution in [-0.4, -0.2) is 14.1 Å². The van der Waals surface area contributed by atoms with Gasteiger partial charge in [-0.3, -0.25) is 0 Å². The summed E-state index contributed by atoms with van der Waals surface area (Å²) in [5, 5.41) is 9.04. The van der Waals surface area contributed by atoms with E-state index < -0.39 is 6.85 Å². The van der Waals surface area contributed by atoms with Gasteiger partial charge in [0.1, 0.15) is 5.82 Å². The molecule has 0 bridgehead atoms. The molecule has 0 aliphatic carbocycles. The molecule has 0 fully saturated rings. The Balaban J connectivity index is 0.00000645. The van der Waals surface area contributed by atoms with E-state index in [1.807, 2.05) is 22.8 Å². The van der Waals surface area contributed by atoms with Crippen molar-refractivity contribution in [3.8, 4) is 28.4 Å². The first-order valence-electron chi connectivity index (χ1n) is 27.3. The molecular formula is C69H63N4OPt-3. The van der Waals surface area contributed by atoms with Crippen LogP contribution in [0.3, 0.4) is 0 Å². The second-order valence-electron chi connectivity index (χ2n) is 23.4. The van der Waals surface area contributed by atoms with Gasteiger partial charge in [-0.25, -0.2) is 4.98 Å². The molecule has 75 heavy (non-hydrogen) atoms. The molecule has 0 spiro atoms. The van der Waals surface area contributed by atoms with E-state index in [9.17, 15) is 0 Å². The van der Waals surface area contributed by atoms with Crippen LogP contribution in [0.15, 0.2) is 158 Å². The number of benzene rings is 8. The van der Waals surface area contributed by atoms with Gasteiger partial charge in [-0.15, -0.1) is 35.2 Å². The molecule has 0 radical (unpaired) electrons. The van der Waals surface area contributed by atoms with Gasteiger partial charge in [0.05, 0.1) is 0 Å². The third kappa shape index (κ3) is 8.54. The first-order valence-corrected chi connectivity index (χ1v) is 25.8. The Bertz CT molecular complexity index is 4300. The molecule has 0 atom stereocenters. The van der Waals surface area contributed by atoms with Crippen molar-refractivity contribution in [1.29, 1.82) is 0 Å². The molecule has 11 aromatic rings. The van der Waals surface area contributed by atoms with Crippen LogP contribution in [0.5, 0.6) is 11.5 Å². The van der Waals surface area contributed by atoms with E-state index in [-0.39, 0.29) is 42.9 Å². The van der Waals surface area contributed by atoms with Crippen molar-refractivity contribution < 1.29 is 29.9 Å². The van der Waals surface area contributed by atoms with Gasteiger partial charge in [0.2, 0.25) is 0 Å². The number of nitrogens with zero attached hydrogens (tertiary/aromatic N) is 4. The van der Waals surface area contributed by atoms with Gasteiger partial charge in [-0.05, 0) is 122 Å². The number of aromatic nitrogens is 3. The summed E-state index contributed by atoms with van der Waals surface area (Å²) in [5.74, 6) is 1.57. The fourth-order valence-electron chi connectivity index (χ4n) is 11.1. The van der Waals surface area contributed by atoms with Gasteiger partial charge in [0.25, 0.3) is 0 Å². The molecule has 3 aromatic heterocycles. The van der Waals surface area contributed by atoms with Crippen LogP contribution in [0.1, 0.15) is 99.8 Å². The Morgan fingerprint density at radius 3 is 1.95 bits per heavy atom. The van der Waals surface area contributed by atoms with Crippen LogP contribution in [-0.2, 0) is 37.3 Å². The van der Waals surface area contributed by atoms with E-state index in [0.717, 1.165) is 60.7 Å². The van der Waals surface area contributed by atoms with Crippen molar-refractivity contribution in [2.45, 2.75) is 99.3 Å². The molecule has 0 N–H and O–H groups in total. The van der Waals surface area contributed by atoms with Crippen LogP contribution in [0.4, 0.5) is 11.4 Å². The number of hydrogen-bond acceptors (Lipinski definition) is 3. The van der Waals surface area contributed by atoms with Crippen molar-refractivity contribution >= 4 is 76.5 Å². The Hall–Kier alpha value is -7.33. The van der Waals surface area contributed by atoms with E-state index in [4.69, 9.17) is 13.8 Å². The predicted octanol–water partition coefficient (Wildman–Crippen LogP) is 18.7. The summed E-state index contributed by atoms with van der Waals surface area (Å²) < 4.78 is 38.0. The zero-order valence-electron chi connectivity index (χ0n) is 47.6. The molecule has 8 aromatic carbocycles. The van der Waals surface area contributed by atoms with Crippen LogP contribution in [0.25, 0.3) is 82.1 Å². The largest absolute Gasteiger partial charge is 0.509 e. The quantitative estimate of drug-likeness (QED) is 0.161. The average molecular weight is 1160 g/mol. The van der Waals surface area contributed by atoms with E-state index >= 15 is 0 Å². The topological polar surface area (TPSA) is 35.2 Å². The van der Waals surface area contributed by atoms with E-state index in [1.165, 1.54) is 49.2 Å². The second kappa shape index (κ2) is 18.2. The van der Waals surface area contributed by atoms with E-state index in [0.29, 0.717) is 22.9 Å². The minimum atomic E-state index is -2.42. The standard InChI is InChI=1S/C69H63N4O.Pt/c1-42-23-31-52-50-18-13-14-19-51(50)54-21-16-22-61-66(54)72(65-43(2)17-15-20-55(65)56(52)35-42)41-71(61)48-29-33-59(69(10,11)12)63(38-48)74-49-30-32-53-57-37-47(68(7,8)9)28-34-60(57)73(62(53)39-49)64-36-44(3)58(40-70-64)45-24-26-46(27-25-45)67(4,5)6;/h13-37,40-41H,1-12H3;/q-3;/i3D3;. The Morgan fingerprint density at radius 2 is 1.23 bits per heavy atom. The first kappa shape index (κ1) is 46.2. The van der Waals surface area contributed by atoms with Gasteiger partial charge in [-0.2, -0.15) is 12.1 Å². The summed E-state index contributed by atoms with van der Waals surface area (Å²) >= 11 is 0. The zero-order valence-corrected chi connectivity index (χ0v) is 46.9. The molecule has 1 aliphatic rings. The smallest absolute Gasteiger partial charge is 0.135 e. The van der Waals surface area contributed by atoms with Gasteiger partial charge < -0.3 is 18.8 Å². The molecule has 6 heteroatoms. The fourth-order valence-corrected chi connectivity index (χ4v) is 11.1. The van der Waals surface area contributed by atoms with Gasteiger partial charge in [0.15, 0.2) is 0 Å². The van der Waals surface area contributed by atoms with Crippen LogP contribution >= 0.6 is 0 Å². The number of anilines is 2. The Morgan fingerprint density at radius 1 is 0.560 bits per heavy atom. The molecule has 12 rings (SSSR count). The third-order valence-corrected chi connectivity index (χ3v) is 15.1. The van der Waals surface area contributed by atoms with Crippen molar-refractivity contribution in [1.82, 2.24) is 14.1 Å². The van der Waals surface area contributed by atoms with E-state index in [2.05, 4.69) is 232 Å². The number of rotatable bonds is 5. The summed E-state index contributed by atoms with van der Waals surface area (Å²) in [6.45, 7) is 23.9. The first-order chi connectivity index (χ1) is 36.5.